The van der Waals surface area contributed by atoms with E-state index in [1.165, 1.54) is 0 Å². The first-order valence-electron chi connectivity index (χ1n) is 22.9. The van der Waals surface area contributed by atoms with Crippen LogP contribution >= 0.6 is 0 Å². The highest BCUT2D eigenvalue weighted by Gasteiger charge is 2.54. The third-order valence-corrected chi connectivity index (χ3v) is 11.6. The van der Waals surface area contributed by atoms with Gasteiger partial charge in [0.15, 0.2) is 29.5 Å². The maximum absolute atomic E-state index is 15.6. The molecule has 3 heterocycles. The Bertz CT molecular complexity index is 3100. The van der Waals surface area contributed by atoms with Crippen LogP contribution in [0, 0.1) is 0 Å². The van der Waals surface area contributed by atoms with Gasteiger partial charge in [0, 0.05) is 56.5 Å². The molecular formula is C56H48O16. The van der Waals surface area contributed by atoms with E-state index in [9.17, 15) is 19.2 Å². The standard InChI is InChI=1S/C56H48O16/c1-33(57)62-32-47-51(65-34(2)58)53(66-35(3)59)54(67-36(4)60)55(69-47)70-52-49(61)48-45(64-31-38-19-11-6-12-20-38)28-42(63-30-37-17-9-5-10-18-37)29-46(48)68-50(52)39-25-26-43-44(27-39)72-56(71-43,40-21-13-7-14-22-40)41-23-15-8-16-24-41/h5-29,47,51,53-55H,30-32H2,1-4H3/t47-,51+,53+,54-,55+/m1/s1. The molecule has 9 rings (SSSR count). The summed E-state index contributed by atoms with van der Waals surface area (Å²) in [4.78, 5) is 65.9. The van der Waals surface area contributed by atoms with Crippen molar-refractivity contribution in [3.05, 3.63) is 184 Å². The van der Waals surface area contributed by atoms with Crippen molar-refractivity contribution in [3.63, 3.8) is 0 Å². The molecule has 1 aromatic heterocycles. The monoisotopic (exact) mass is 976 g/mol. The molecule has 7 aromatic rings. The summed E-state index contributed by atoms with van der Waals surface area (Å²) in [6.45, 7) is 4.09. The second-order valence-corrected chi connectivity index (χ2v) is 16.8. The Kier molecular flexibility index (Phi) is 14.2. The van der Waals surface area contributed by atoms with Gasteiger partial charge in [-0.2, -0.15) is 0 Å². The number of carbonyl (C=O) groups excluding carboxylic acids is 4. The zero-order valence-corrected chi connectivity index (χ0v) is 39.5. The summed E-state index contributed by atoms with van der Waals surface area (Å²) in [5.41, 5.74) is 2.56. The lowest BCUT2D eigenvalue weighted by Gasteiger charge is -2.43. The van der Waals surface area contributed by atoms with E-state index in [2.05, 4.69) is 0 Å². The summed E-state index contributed by atoms with van der Waals surface area (Å²) in [7, 11) is 0. The summed E-state index contributed by atoms with van der Waals surface area (Å²) in [5, 5.41) is -0.0738. The Labute approximate surface area is 412 Å². The Balaban J connectivity index is 1.23. The predicted octanol–water partition coefficient (Wildman–Crippen LogP) is 8.75. The fourth-order valence-electron chi connectivity index (χ4n) is 8.47. The van der Waals surface area contributed by atoms with Gasteiger partial charge in [-0.1, -0.05) is 121 Å². The highest BCUT2D eigenvalue weighted by atomic mass is 16.7. The number of hydrogen-bond acceptors (Lipinski definition) is 16. The number of esters is 4. The molecule has 0 saturated carbocycles. The molecular weight excluding hydrogens is 929 g/mol. The van der Waals surface area contributed by atoms with Crippen LogP contribution in [0.5, 0.6) is 28.7 Å². The lowest BCUT2D eigenvalue weighted by molar-refractivity contribution is -0.288. The highest BCUT2D eigenvalue weighted by molar-refractivity contribution is 5.89. The van der Waals surface area contributed by atoms with E-state index < -0.39 is 78.2 Å². The summed E-state index contributed by atoms with van der Waals surface area (Å²) in [6.07, 6.45) is -8.06. The molecule has 0 spiro atoms. The van der Waals surface area contributed by atoms with Crippen molar-refractivity contribution in [1.29, 1.82) is 0 Å². The first-order chi connectivity index (χ1) is 34.8. The van der Waals surface area contributed by atoms with E-state index in [0.29, 0.717) is 22.6 Å². The molecule has 2 aliphatic heterocycles. The first kappa shape index (κ1) is 48.4. The second-order valence-electron chi connectivity index (χ2n) is 16.8. The molecule has 6 aromatic carbocycles. The Morgan fingerprint density at radius 2 is 1.11 bits per heavy atom. The van der Waals surface area contributed by atoms with Gasteiger partial charge in [0.1, 0.15) is 48.4 Å². The molecule has 16 nitrogen and oxygen atoms in total. The summed E-state index contributed by atoms with van der Waals surface area (Å²) in [6, 6.07) is 45.6. The number of carbonyl (C=O) groups is 4. The minimum Gasteiger partial charge on any atom is -0.489 e. The molecule has 72 heavy (non-hydrogen) atoms. The van der Waals surface area contributed by atoms with Gasteiger partial charge < -0.3 is 51.8 Å². The third-order valence-electron chi connectivity index (χ3n) is 11.6. The van der Waals surface area contributed by atoms with Crippen LogP contribution in [0.25, 0.3) is 22.3 Å². The fraction of sp³-hybridized carbons (Fsp3) is 0.232. The molecule has 0 unspecified atom stereocenters. The zero-order chi connectivity index (χ0) is 50.4. The summed E-state index contributed by atoms with van der Waals surface area (Å²) < 4.78 is 68.2. The van der Waals surface area contributed by atoms with Crippen molar-refractivity contribution in [1.82, 2.24) is 0 Å². The second kappa shape index (κ2) is 21.2. The minimum absolute atomic E-state index is 0.0260. The van der Waals surface area contributed by atoms with E-state index in [-0.39, 0.29) is 47.0 Å². The smallest absolute Gasteiger partial charge is 0.305 e. The lowest BCUT2D eigenvalue weighted by Crippen LogP contribution is -2.63. The van der Waals surface area contributed by atoms with Gasteiger partial charge >= 0.3 is 29.7 Å². The molecule has 16 heteroatoms. The van der Waals surface area contributed by atoms with Crippen LogP contribution in [0.2, 0.25) is 0 Å². The molecule has 2 aliphatic rings. The highest BCUT2D eigenvalue weighted by Crippen LogP contribution is 2.50. The van der Waals surface area contributed by atoms with Crippen molar-refractivity contribution in [3.8, 4) is 40.1 Å². The summed E-state index contributed by atoms with van der Waals surface area (Å²) in [5.74, 6) is -4.35. The largest absolute Gasteiger partial charge is 0.489 e. The Morgan fingerprint density at radius 1 is 0.569 bits per heavy atom. The first-order valence-corrected chi connectivity index (χ1v) is 22.9. The van der Waals surface area contributed by atoms with E-state index >= 15 is 4.79 Å². The fourth-order valence-corrected chi connectivity index (χ4v) is 8.47. The minimum atomic E-state index is -1.83. The molecule has 1 saturated heterocycles. The molecule has 0 aliphatic carbocycles. The normalized spacial score (nSPS) is 18.6. The van der Waals surface area contributed by atoms with Crippen LogP contribution in [-0.2, 0) is 61.9 Å². The van der Waals surface area contributed by atoms with Crippen molar-refractivity contribution in [2.45, 2.75) is 77.4 Å². The average molecular weight is 977 g/mol. The average Bonchev–Trinajstić information content (AvgIpc) is 3.78. The maximum atomic E-state index is 15.6. The number of fused-ring (bicyclic) bond motifs is 2. The third kappa shape index (κ3) is 10.6. The van der Waals surface area contributed by atoms with Crippen LogP contribution in [0.4, 0.5) is 0 Å². The Morgan fingerprint density at radius 3 is 1.69 bits per heavy atom. The van der Waals surface area contributed by atoms with Gasteiger partial charge in [-0.3, -0.25) is 24.0 Å². The van der Waals surface area contributed by atoms with Crippen molar-refractivity contribution >= 4 is 34.8 Å². The van der Waals surface area contributed by atoms with Crippen LogP contribution in [0.15, 0.2) is 161 Å². The molecule has 5 atom stereocenters. The number of hydrogen-bond donors (Lipinski definition) is 0. The zero-order valence-electron chi connectivity index (χ0n) is 39.5. The SMILES string of the molecule is CC(=O)OC[C@H]1O[C@@H](Oc2c(-c3ccc4c(c3)OC(c3ccccc3)(c3ccccc3)O4)oc3cc(OCc4ccccc4)cc(OCc4ccccc4)c3c2=O)[C@H](OC(C)=O)[C@@H](OC(C)=O)[C@H]1OC(C)=O. The van der Waals surface area contributed by atoms with Gasteiger partial charge in [0.2, 0.25) is 23.6 Å². The summed E-state index contributed by atoms with van der Waals surface area (Å²) >= 11 is 0. The van der Waals surface area contributed by atoms with E-state index in [1.54, 1.807) is 30.3 Å². The maximum Gasteiger partial charge on any atom is 0.305 e. The molecule has 0 amide bonds. The van der Waals surface area contributed by atoms with Crippen LogP contribution in [0.1, 0.15) is 49.9 Å². The van der Waals surface area contributed by atoms with Crippen LogP contribution < -0.4 is 29.1 Å². The van der Waals surface area contributed by atoms with Crippen molar-refractivity contribution in [2.75, 3.05) is 6.61 Å². The van der Waals surface area contributed by atoms with Crippen LogP contribution in [0.3, 0.4) is 0 Å². The quantitative estimate of drug-likeness (QED) is 0.0659. The topological polar surface area (TPSA) is 191 Å². The van der Waals surface area contributed by atoms with Gasteiger partial charge in [-0.25, -0.2) is 0 Å². The van der Waals surface area contributed by atoms with E-state index in [4.69, 9.17) is 51.8 Å². The predicted molar refractivity (Wildman–Crippen MR) is 257 cm³/mol. The molecule has 0 radical (unpaired) electrons. The number of ether oxygens (including phenoxy) is 10. The molecule has 0 N–H and O–H groups in total. The number of rotatable bonds is 16. The van der Waals surface area contributed by atoms with Crippen molar-refractivity contribution < 1.29 is 71.0 Å². The van der Waals surface area contributed by atoms with Gasteiger partial charge in [-0.15, -0.1) is 0 Å². The molecule has 0 bridgehead atoms. The van der Waals surface area contributed by atoms with E-state index in [1.807, 2.05) is 121 Å². The molecule has 368 valence electrons. The van der Waals surface area contributed by atoms with Gasteiger partial charge in [-0.05, 0) is 29.3 Å². The van der Waals surface area contributed by atoms with E-state index in [0.717, 1.165) is 38.8 Å². The van der Waals surface area contributed by atoms with Gasteiger partial charge in [0.05, 0.1) is 0 Å². The Hall–Kier alpha value is -8.63. The van der Waals surface area contributed by atoms with Crippen LogP contribution in [-0.4, -0.2) is 61.2 Å². The number of benzene rings is 6. The molecule has 1 fully saturated rings. The van der Waals surface area contributed by atoms with Crippen molar-refractivity contribution in [2.24, 2.45) is 0 Å². The van der Waals surface area contributed by atoms with Gasteiger partial charge in [0.25, 0.3) is 0 Å². The lowest BCUT2D eigenvalue weighted by atomic mass is 9.97.